The molecule has 0 saturated heterocycles. The number of carbonyl (C=O) groups is 1. The molecule has 0 spiro atoms. The number of nitrogens with zero attached hydrogens (tertiary/aromatic N) is 2. The molecule has 2 rings (SSSR count). The normalized spacial score (nSPS) is 10.5. The molecule has 2 aromatic rings. The Bertz CT molecular complexity index is 625. The number of methoxy groups -OCH3 is 1. The second-order valence-corrected chi connectivity index (χ2v) is 5.27. The van der Waals surface area contributed by atoms with Crippen LogP contribution >= 0.6 is 0 Å². The summed E-state index contributed by atoms with van der Waals surface area (Å²) in [7, 11) is 1.61. The molecule has 1 amide bonds. The molecule has 0 fully saturated rings. The SMILES string of the molecule is CCCCNC(=O)CCCc1nc(-c2ccccc2OC)no1. The molecule has 1 aromatic carbocycles. The van der Waals surface area contributed by atoms with Crippen LogP contribution in [0.3, 0.4) is 0 Å². The summed E-state index contributed by atoms with van der Waals surface area (Å²) in [6.07, 6.45) is 3.83. The van der Waals surface area contributed by atoms with Gasteiger partial charge in [-0.25, -0.2) is 0 Å². The van der Waals surface area contributed by atoms with E-state index in [0.717, 1.165) is 24.9 Å². The third-order valence-electron chi connectivity index (χ3n) is 3.46. The van der Waals surface area contributed by atoms with Crippen LogP contribution in [0.4, 0.5) is 0 Å². The van der Waals surface area contributed by atoms with E-state index in [0.29, 0.717) is 36.7 Å². The van der Waals surface area contributed by atoms with Crippen LogP contribution in [0.2, 0.25) is 0 Å². The van der Waals surface area contributed by atoms with Crippen LogP contribution in [0.25, 0.3) is 11.4 Å². The first kappa shape index (κ1) is 17.0. The maximum absolute atomic E-state index is 11.6. The minimum atomic E-state index is 0.0721. The predicted octanol–water partition coefficient (Wildman–Crippen LogP) is 2.98. The van der Waals surface area contributed by atoms with Crippen LogP contribution in [0.15, 0.2) is 28.8 Å². The average molecular weight is 317 g/mol. The molecule has 0 aliphatic heterocycles. The summed E-state index contributed by atoms with van der Waals surface area (Å²) in [5.41, 5.74) is 0.794. The molecule has 0 radical (unpaired) electrons. The first-order valence-corrected chi connectivity index (χ1v) is 7.97. The van der Waals surface area contributed by atoms with E-state index in [1.165, 1.54) is 0 Å². The fourth-order valence-electron chi connectivity index (χ4n) is 2.19. The number of rotatable bonds is 9. The van der Waals surface area contributed by atoms with E-state index in [1.54, 1.807) is 7.11 Å². The Morgan fingerprint density at radius 2 is 2.13 bits per heavy atom. The summed E-state index contributed by atoms with van der Waals surface area (Å²) in [5.74, 6) is 1.81. The molecule has 0 atom stereocenters. The highest BCUT2D eigenvalue weighted by Gasteiger charge is 2.13. The molecule has 6 nitrogen and oxygen atoms in total. The van der Waals surface area contributed by atoms with Gasteiger partial charge in [0.05, 0.1) is 12.7 Å². The summed E-state index contributed by atoms with van der Waals surface area (Å²) in [5, 5.41) is 6.88. The first-order valence-electron chi connectivity index (χ1n) is 7.97. The van der Waals surface area contributed by atoms with Crippen LogP contribution in [-0.2, 0) is 11.2 Å². The fourth-order valence-corrected chi connectivity index (χ4v) is 2.19. The lowest BCUT2D eigenvalue weighted by Gasteiger charge is -2.03. The van der Waals surface area contributed by atoms with Crippen LogP contribution < -0.4 is 10.1 Å². The van der Waals surface area contributed by atoms with Gasteiger partial charge >= 0.3 is 0 Å². The molecule has 23 heavy (non-hydrogen) atoms. The molecule has 0 aliphatic carbocycles. The van der Waals surface area contributed by atoms with Gasteiger partial charge in [-0.05, 0) is 25.0 Å². The Morgan fingerprint density at radius 1 is 1.30 bits per heavy atom. The second kappa shape index (κ2) is 8.92. The molecule has 0 aliphatic rings. The van der Waals surface area contributed by atoms with Crippen molar-refractivity contribution in [2.75, 3.05) is 13.7 Å². The third-order valence-corrected chi connectivity index (χ3v) is 3.46. The highest BCUT2D eigenvalue weighted by Crippen LogP contribution is 2.27. The molecule has 0 bridgehead atoms. The molecule has 1 N–H and O–H groups in total. The summed E-state index contributed by atoms with van der Waals surface area (Å²) >= 11 is 0. The minimum absolute atomic E-state index is 0.0721. The quantitative estimate of drug-likeness (QED) is 0.719. The molecule has 0 unspecified atom stereocenters. The maximum atomic E-state index is 11.6. The van der Waals surface area contributed by atoms with Crippen LogP contribution in [-0.4, -0.2) is 29.7 Å². The zero-order chi connectivity index (χ0) is 16.5. The number of carbonyl (C=O) groups excluding carboxylic acids is 1. The Hall–Kier alpha value is -2.37. The van der Waals surface area contributed by atoms with Crippen molar-refractivity contribution in [1.29, 1.82) is 0 Å². The zero-order valence-corrected chi connectivity index (χ0v) is 13.7. The van der Waals surface area contributed by atoms with Crippen molar-refractivity contribution in [2.24, 2.45) is 0 Å². The maximum Gasteiger partial charge on any atom is 0.226 e. The van der Waals surface area contributed by atoms with Gasteiger partial charge in [-0.3, -0.25) is 4.79 Å². The van der Waals surface area contributed by atoms with Crippen molar-refractivity contribution >= 4 is 5.91 Å². The van der Waals surface area contributed by atoms with Crippen LogP contribution in [0.1, 0.15) is 38.5 Å². The number of aromatic nitrogens is 2. The van der Waals surface area contributed by atoms with Gasteiger partial charge in [0.25, 0.3) is 0 Å². The summed E-state index contributed by atoms with van der Waals surface area (Å²) in [4.78, 5) is 16.0. The van der Waals surface area contributed by atoms with Gasteiger partial charge in [0.2, 0.25) is 17.6 Å². The standard InChI is InChI=1S/C17H23N3O3/c1-3-4-12-18-15(21)10-7-11-16-19-17(20-23-16)13-8-5-6-9-14(13)22-2/h5-6,8-9H,3-4,7,10-12H2,1-2H3,(H,18,21). The first-order chi connectivity index (χ1) is 11.2. The highest BCUT2D eigenvalue weighted by atomic mass is 16.5. The summed E-state index contributed by atoms with van der Waals surface area (Å²) in [6, 6.07) is 7.52. The van der Waals surface area contributed by atoms with Gasteiger partial charge in [-0.2, -0.15) is 4.98 Å². The Kier molecular flexibility index (Phi) is 6.59. The van der Waals surface area contributed by atoms with E-state index >= 15 is 0 Å². The monoisotopic (exact) mass is 317 g/mol. The lowest BCUT2D eigenvalue weighted by Crippen LogP contribution is -2.23. The molecule has 124 valence electrons. The lowest BCUT2D eigenvalue weighted by molar-refractivity contribution is -0.121. The van der Waals surface area contributed by atoms with E-state index in [1.807, 2.05) is 24.3 Å². The van der Waals surface area contributed by atoms with Crippen molar-refractivity contribution in [2.45, 2.75) is 39.0 Å². The minimum Gasteiger partial charge on any atom is -0.496 e. The molecule has 6 heteroatoms. The zero-order valence-electron chi connectivity index (χ0n) is 13.7. The van der Waals surface area contributed by atoms with Gasteiger partial charge < -0.3 is 14.6 Å². The molecule has 1 aromatic heterocycles. The lowest BCUT2D eigenvalue weighted by atomic mass is 10.2. The molecule has 0 saturated carbocycles. The third kappa shape index (κ3) is 5.09. The smallest absolute Gasteiger partial charge is 0.226 e. The van der Waals surface area contributed by atoms with Crippen molar-refractivity contribution in [3.05, 3.63) is 30.2 Å². The van der Waals surface area contributed by atoms with Gasteiger partial charge in [0.1, 0.15) is 5.75 Å². The number of nitrogens with one attached hydrogen (secondary N) is 1. The number of hydrogen-bond donors (Lipinski definition) is 1. The fraction of sp³-hybridized carbons (Fsp3) is 0.471. The van der Waals surface area contributed by atoms with E-state index in [9.17, 15) is 4.79 Å². The van der Waals surface area contributed by atoms with E-state index in [2.05, 4.69) is 22.4 Å². The largest absolute Gasteiger partial charge is 0.496 e. The van der Waals surface area contributed by atoms with Crippen molar-refractivity contribution in [1.82, 2.24) is 15.5 Å². The molecule has 1 heterocycles. The van der Waals surface area contributed by atoms with Crippen LogP contribution in [0, 0.1) is 0 Å². The van der Waals surface area contributed by atoms with Crippen molar-refractivity contribution < 1.29 is 14.1 Å². The second-order valence-electron chi connectivity index (χ2n) is 5.27. The molecular weight excluding hydrogens is 294 g/mol. The number of benzene rings is 1. The highest BCUT2D eigenvalue weighted by molar-refractivity contribution is 5.75. The number of para-hydroxylation sites is 1. The van der Waals surface area contributed by atoms with E-state index in [-0.39, 0.29) is 5.91 Å². The molecular formula is C17H23N3O3. The van der Waals surface area contributed by atoms with Gasteiger partial charge in [0, 0.05) is 19.4 Å². The average Bonchev–Trinajstić information content (AvgIpc) is 3.04. The Balaban J connectivity index is 1.84. The van der Waals surface area contributed by atoms with Gasteiger partial charge in [0.15, 0.2) is 0 Å². The summed E-state index contributed by atoms with van der Waals surface area (Å²) < 4.78 is 10.5. The number of aryl methyl sites for hydroxylation is 1. The Morgan fingerprint density at radius 3 is 2.91 bits per heavy atom. The topological polar surface area (TPSA) is 77.2 Å². The Labute approximate surface area is 136 Å². The van der Waals surface area contributed by atoms with Gasteiger partial charge in [-0.15, -0.1) is 0 Å². The predicted molar refractivity (Wildman–Crippen MR) is 87.1 cm³/mol. The van der Waals surface area contributed by atoms with Crippen molar-refractivity contribution in [3.63, 3.8) is 0 Å². The van der Waals surface area contributed by atoms with Crippen molar-refractivity contribution in [3.8, 4) is 17.1 Å². The summed E-state index contributed by atoms with van der Waals surface area (Å²) in [6.45, 7) is 2.84. The number of amides is 1. The van der Waals surface area contributed by atoms with E-state index in [4.69, 9.17) is 9.26 Å². The number of unbranched alkanes of at least 4 members (excludes halogenated alkanes) is 1. The van der Waals surface area contributed by atoms with Gasteiger partial charge in [-0.1, -0.05) is 30.6 Å². The number of hydrogen-bond acceptors (Lipinski definition) is 5. The van der Waals surface area contributed by atoms with E-state index < -0.39 is 0 Å². The van der Waals surface area contributed by atoms with Crippen LogP contribution in [0.5, 0.6) is 5.75 Å². The number of ether oxygens (including phenoxy) is 1.